The van der Waals surface area contributed by atoms with E-state index in [0.29, 0.717) is 37.6 Å². The van der Waals surface area contributed by atoms with Gasteiger partial charge in [-0.15, -0.1) is 0 Å². The van der Waals surface area contributed by atoms with Crippen LogP contribution in [-0.2, 0) is 6.54 Å². The Morgan fingerprint density at radius 1 is 1.03 bits per heavy atom. The summed E-state index contributed by atoms with van der Waals surface area (Å²) in [6.07, 6.45) is 0. The number of fused-ring (bicyclic) bond motifs is 1. The minimum absolute atomic E-state index is 0.0143. The van der Waals surface area contributed by atoms with Crippen LogP contribution in [0.2, 0.25) is 0 Å². The molecule has 0 unspecified atom stereocenters. The third kappa shape index (κ3) is 3.87. The number of ketones is 1. The molecule has 4 rings (SSSR count). The van der Waals surface area contributed by atoms with Crippen molar-refractivity contribution < 1.29 is 19.1 Å². The molecule has 0 saturated carbocycles. The number of hydrogen-bond donors (Lipinski definition) is 1. The van der Waals surface area contributed by atoms with Gasteiger partial charge in [-0.2, -0.15) is 0 Å². The first-order valence-electron chi connectivity index (χ1n) is 10.0. The van der Waals surface area contributed by atoms with E-state index in [1.807, 2.05) is 30.9 Å². The fourth-order valence-electron chi connectivity index (χ4n) is 4.20. The largest absolute Gasteiger partial charge is 0.486 e. The lowest BCUT2D eigenvalue weighted by atomic mass is 10.1. The van der Waals surface area contributed by atoms with Gasteiger partial charge < -0.3 is 19.4 Å². The summed E-state index contributed by atoms with van der Waals surface area (Å²) in [5.41, 5.74) is 3.85. The summed E-state index contributed by atoms with van der Waals surface area (Å²) in [4.78, 5) is 32.1. The van der Waals surface area contributed by atoms with Gasteiger partial charge in [0, 0.05) is 44.0 Å². The van der Waals surface area contributed by atoms with Gasteiger partial charge in [-0.05, 0) is 44.0 Å². The van der Waals surface area contributed by atoms with Crippen molar-refractivity contribution >= 4 is 11.7 Å². The molecular formula is C22H27N3O4. The topological polar surface area (TPSA) is 74.9 Å². The smallest absolute Gasteiger partial charge is 0.270 e. The number of hydrogen-bond acceptors (Lipinski definition) is 5. The number of benzene rings is 1. The summed E-state index contributed by atoms with van der Waals surface area (Å²) in [6, 6.07) is 6.08. The predicted octanol–water partition coefficient (Wildman–Crippen LogP) is 2.56. The van der Waals surface area contributed by atoms with Crippen LogP contribution in [0, 0.1) is 13.8 Å². The van der Waals surface area contributed by atoms with E-state index in [4.69, 9.17) is 9.47 Å². The molecule has 29 heavy (non-hydrogen) atoms. The highest BCUT2D eigenvalue weighted by atomic mass is 16.6. The number of ether oxygens (including phenoxy) is 2. The van der Waals surface area contributed by atoms with E-state index in [9.17, 15) is 9.59 Å². The standard InChI is InChI=1S/C22H27N3O4/c1-14-20(16(3)26)15(2)23-21(14)22(27)25-8-6-24(7-9-25)13-17-4-5-18-19(12-17)29-11-10-28-18/h4-5,12,23H,6-11,13H2,1-3H3. The molecule has 0 aliphatic carbocycles. The molecule has 7 heteroatoms. The molecule has 0 bridgehead atoms. The van der Waals surface area contributed by atoms with Crippen LogP contribution in [0.4, 0.5) is 0 Å². The van der Waals surface area contributed by atoms with Crippen molar-refractivity contribution in [1.82, 2.24) is 14.8 Å². The predicted molar refractivity (Wildman–Crippen MR) is 109 cm³/mol. The third-order valence-corrected chi connectivity index (χ3v) is 5.68. The van der Waals surface area contributed by atoms with E-state index >= 15 is 0 Å². The average Bonchev–Trinajstić information content (AvgIpc) is 3.02. The number of amides is 1. The molecule has 3 heterocycles. The molecule has 2 aromatic rings. The number of carbonyl (C=O) groups is 2. The highest BCUT2D eigenvalue weighted by molar-refractivity contribution is 6.02. The Balaban J connectivity index is 1.38. The number of carbonyl (C=O) groups excluding carboxylic acids is 2. The van der Waals surface area contributed by atoms with Crippen molar-refractivity contribution in [3.05, 3.63) is 46.3 Å². The number of rotatable bonds is 4. The quantitative estimate of drug-likeness (QED) is 0.803. The summed E-state index contributed by atoms with van der Waals surface area (Å²) >= 11 is 0. The Bertz CT molecular complexity index is 942. The summed E-state index contributed by atoms with van der Waals surface area (Å²) in [7, 11) is 0. The van der Waals surface area contributed by atoms with Crippen molar-refractivity contribution in [2.24, 2.45) is 0 Å². The lowest BCUT2D eigenvalue weighted by Gasteiger charge is -2.34. The van der Waals surface area contributed by atoms with Gasteiger partial charge in [-0.1, -0.05) is 6.07 Å². The van der Waals surface area contributed by atoms with Gasteiger partial charge in [-0.25, -0.2) is 0 Å². The second-order valence-corrected chi connectivity index (χ2v) is 7.73. The molecule has 0 spiro atoms. The van der Waals surface area contributed by atoms with Crippen molar-refractivity contribution in [3.8, 4) is 11.5 Å². The Kier molecular flexibility index (Phi) is 5.32. The monoisotopic (exact) mass is 397 g/mol. The van der Waals surface area contributed by atoms with Gasteiger partial charge in [0.25, 0.3) is 5.91 Å². The minimum Gasteiger partial charge on any atom is -0.486 e. The number of nitrogens with zero attached hydrogens (tertiary/aromatic N) is 2. The lowest BCUT2D eigenvalue weighted by molar-refractivity contribution is 0.0622. The van der Waals surface area contributed by atoms with Gasteiger partial charge in [0.2, 0.25) is 0 Å². The number of aryl methyl sites for hydroxylation is 1. The molecule has 2 aliphatic rings. The summed E-state index contributed by atoms with van der Waals surface area (Å²) in [6.45, 7) is 10.1. The fourth-order valence-corrected chi connectivity index (χ4v) is 4.20. The maximum Gasteiger partial charge on any atom is 0.270 e. The zero-order chi connectivity index (χ0) is 20.5. The molecule has 0 atom stereocenters. The Labute approximate surface area is 170 Å². The fraction of sp³-hybridized carbons (Fsp3) is 0.455. The zero-order valence-corrected chi connectivity index (χ0v) is 17.2. The van der Waals surface area contributed by atoms with Crippen LogP contribution in [0.15, 0.2) is 18.2 Å². The van der Waals surface area contributed by atoms with E-state index < -0.39 is 0 Å². The van der Waals surface area contributed by atoms with E-state index in [2.05, 4.69) is 16.0 Å². The molecule has 1 N–H and O–H groups in total. The van der Waals surface area contributed by atoms with Gasteiger partial charge in [0.15, 0.2) is 17.3 Å². The molecule has 2 aliphatic heterocycles. The minimum atomic E-state index is -0.0305. The van der Waals surface area contributed by atoms with Crippen LogP contribution in [0.1, 0.15) is 44.6 Å². The Hall–Kier alpha value is -2.80. The highest BCUT2D eigenvalue weighted by Gasteiger charge is 2.27. The summed E-state index contributed by atoms with van der Waals surface area (Å²) < 4.78 is 11.2. The number of Topliss-reactive ketones (excluding diaryl/α,β-unsaturated/α-hetero) is 1. The van der Waals surface area contributed by atoms with Crippen LogP contribution in [0.5, 0.6) is 11.5 Å². The van der Waals surface area contributed by atoms with Gasteiger partial charge >= 0.3 is 0 Å². The first kappa shape index (κ1) is 19.5. The van der Waals surface area contributed by atoms with Crippen molar-refractivity contribution in [1.29, 1.82) is 0 Å². The van der Waals surface area contributed by atoms with E-state index in [1.54, 1.807) is 0 Å². The second-order valence-electron chi connectivity index (χ2n) is 7.73. The van der Waals surface area contributed by atoms with Crippen LogP contribution in [-0.4, -0.2) is 65.9 Å². The normalized spacial score (nSPS) is 16.7. The van der Waals surface area contributed by atoms with Crippen molar-refractivity contribution in [2.45, 2.75) is 27.3 Å². The van der Waals surface area contributed by atoms with Gasteiger partial charge in [-0.3, -0.25) is 14.5 Å². The zero-order valence-electron chi connectivity index (χ0n) is 17.2. The van der Waals surface area contributed by atoms with Gasteiger partial charge in [0.05, 0.1) is 0 Å². The summed E-state index contributed by atoms with van der Waals surface area (Å²) in [5, 5.41) is 0. The van der Waals surface area contributed by atoms with Crippen molar-refractivity contribution in [2.75, 3.05) is 39.4 Å². The molecule has 154 valence electrons. The maximum absolute atomic E-state index is 13.0. The number of H-pyrrole nitrogens is 1. The van der Waals surface area contributed by atoms with Crippen LogP contribution >= 0.6 is 0 Å². The van der Waals surface area contributed by atoms with Gasteiger partial charge in [0.1, 0.15) is 18.9 Å². The SMILES string of the molecule is CC(=O)c1c(C)[nH]c(C(=O)N2CCN(Cc3ccc4c(c3)OCCO4)CC2)c1C. The van der Waals surface area contributed by atoms with Crippen LogP contribution in [0.3, 0.4) is 0 Å². The van der Waals surface area contributed by atoms with E-state index in [1.165, 1.54) is 12.5 Å². The molecule has 1 aromatic heterocycles. The molecular weight excluding hydrogens is 370 g/mol. The number of piperazine rings is 1. The second kappa shape index (κ2) is 7.91. The Morgan fingerprint density at radius 2 is 1.72 bits per heavy atom. The lowest BCUT2D eigenvalue weighted by Crippen LogP contribution is -2.48. The van der Waals surface area contributed by atoms with Crippen molar-refractivity contribution in [3.63, 3.8) is 0 Å². The average molecular weight is 397 g/mol. The van der Waals surface area contributed by atoms with Crippen LogP contribution < -0.4 is 9.47 Å². The molecule has 1 saturated heterocycles. The third-order valence-electron chi connectivity index (χ3n) is 5.68. The van der Waals surface area contributed by atoms with E-state index in [-0.39, 0.29) is 11.7 Å². The van der Waals surface area contributed by atoms with E-state index in [0.717, 1.165) is 42.4 Å². The number of aromatic nitrogens is 1. The summed E-state index contributed by atoms with van der Waals surface area (Å²) in [5.74, 6) is 1.56. The molecule has 1 fully saturated rings. The van der Waals surface area contributed by atoms with Crippen LogP contribution in [0.25, 0.3) is 0 Å². The first-order chi connectivity index (χ1) is 13.9. The highest BCUT2D eigenvalue weighted by Crippen LogP contribution is 2.31. The molecule has 0 radical (unpaired) electrons. The number of aromatic amines is 1. The molecule has 7 nitrogen and oxygen atoms in total. The molecule has 1 amide bonds. The number of nitrogens with one attached hydrogen (secondary N) is 1. The first-order valence-corrected chi connectivity index (χ1v) is 10.0. The Morgan fingerprint density at radius 3 is 2.38 bits per heavy atom. The molecule has 1 aromatic carbocycles. The maximum atomic E-state index is 13.0.